The first-order chi connectivity index (χ1) is 18.7. The molecule has 1 fully saturated rings. The molecule has 1 saturated heterocycles. The van der Waals surface area contributed by atoms with Crippen LogP contribution in [0.4, 0.5) is 10.5 Å². The van der Waals surface area contributed by atoms with E-state index < -0.39 is 17.1 Å². The van der Waals surface area contributed by atoms with Crippen molar-refractivity contribution in [2.45, 2.75) is 27.7 Å². The fourth-order valence-corrected chi connectivity index (χ4v) is 5.04. The summed E-state index contributed by atoms with van der Waals surface area (Å²) in [4.78, 5) is 51.3. The molecule has 0 atom stereocenters. The average Bonchev–Trinajstić information content (AvgIpc) is 3.34. The molecule has 1 aliphatic heterocycles. The maximum Gasteiger partial charge on any atom is 0.338 e. The van der Waals surface area contributed by atoms with Gasteiger partial charge < -0.3 is 19.4 Å². The van der Waals surface area contributed by atoms with Crippen LogP contribution in [0.5, 0.6) is 5.75 Å². The Morgan fingerprint density at radius 2 is 1.67 bits per heavy atom. The maximum atomic E-state index is 13.0. The Balaban J connectivity index is 1.47. The van der Waals surface area contributed by atoms with E-state index in [0.29, 0.717) is 30.2 Å². The smallest absolute Gasteiger partial charge is 0.338 e. The van der Waals surface area contributed by atoms with Crippen LogP contribution in [0.25, 0.3) is 11.8 Å². The predicted octanol–water partition coefficient (Wildman–Crippen LogP) is 5.34. The molecular weight excluding hydrogens is 518 g/mol. The van der Waals surface area contributed by atoms with Crippen LogP contribution in [0, 0.1) is 13.8 Å². The molecule has 2 aromatic carbocycles. The molecule has 0 bridgehead atoms. The minimum absolute atomic E-state index is 0.242. The van der Waals surface area contributed by atoms with Gasteiger partial charge in [-0.1, -0.05) is 0 Å². The molecule has 0 aliphatic carbocycles. The minimum atomic E-state index is -0.518. The second-order valence-corrected chi connectivity index (χ2v) is 9.70. The Morgan fingerprint density at radius 3 is 2.31 bits per heavy atom. The second kappa shape index (κ2) is 12.0. The van der Waals surface area contributed by atoms with E-state index in [1.165, 1.54) is 0 Å². The van der Waals surface area contributed by atoms with Crippen LogP contribution >= 0.6 is 11.8 Å². The van der Waals surface area contributed by atoms with Gasteiger partial charge in [0.15, 0.2) is 0 Å². The number of thioether (sulfide) groups is 1. The Labute approximate surface area is 230 Å². The van der Waals surface area contributed by atoms with E-state index in [2.05, 4.69) is 5.32 Å². The van der Waals surface area contributed by atoms with Crippen molar-refractivity contribution < 1.29 is 28.7 Å². The Hall–Kier alpha value is -4.31. The number of nitrogens with zero attached hydrogens (tertiary/aromatic N) is 2. The van der Waals surface area contributed by atoms with Gasteiger partial charge in [-0.25, -0.2) is 4.79 Å². The summed E-state index contributed by atoms with van der Waals surface area (Å²) in [6.45, 7) is 7.93. The Morgan fingerprint density at radius 1 is 0.974 bits per heavy atom. The Bertz CT molecular complexity index is 1440. The average molecular weight is 548 g/mol. The number of nitrogens with one attached hydrogen (secondary N) is 1. The molecule has 2 heterocycles. The van der Waals surface area contributed by atoms with Gasteiger partial charge in [0.2, 0.25) is 5.91 Å². The van der Waals surface area contributed by atoms with Crippen LogP contribution in [0.2, 0.25) is 0 Å². The molecule has 39 heavy (non-hydrogen) atoms. The molecule has 0 spiro atoms. The standard InChI is InChI=1S/C29H29N3O6S/c1-5-37-24-13-9-22(10-14-24)30-26(33)17-31-27(34)25(39-29(31)36)16-21-15-18(3)32(19(21)4)23-11-7-20(8-12-23)28(35)38-6-2/h7-16H,5-6,17H2,1-4H3,(H,30,33)/b25-16+. The molecule has 0 unspecified atom stereocenters. The molecule has 1 aromatic heterocycles. The van der Waals surface area contributed by atoms with Crippen molar-refractivity contribution in [3.63, 3.8) is 0 Å². The number of hydrogen-bond acceptors (Lipinski definition) is 7. The highest BCUT2D eigenvalue weighted by atomic mass is 32.2. The van der Waals surface area contributed by atoms with Gasteiger partial charge in [0.05, 0.1) is 23.7 Å². The summed E-state index contributed by atoms with van der Waals surface area (Å²) >= 11 is 0.803. The normalized spacial score (nSPS) is 14.2. The number of amides is 3. The van der Waals surface area contributed by atoms with Gasteiger partial charge in [-0.2, -0.15) is 0 Å². The van der Waals surface area contributed by atoms with Gasteiger partial charge in [-0.05, 0) is 106 Å². The van der Waals surface area contributed by atoms with E-state index in [0.717, 1.165) is 39.3 Å². The van der Waals surface area contributed by atoms with E-state index in [1.807, 2.05) is 43.5 Å². The highest BCUT2D eigenvalue weighted by Crippen LogP contribution is 2.34. The zero-order valence-electron chi connectivity index (χ0n) is 22.1. The maximum absolute atomic E-state index is 13.0. The molecule has 9 nitrogen and oxygen atoms in total. The molecule has 0 radical (unpaired) electrons. The summed E-state index contributed by atoms with van der Waals surface area (Å²) in [6.07, 6.45) is 1.67. The molecule has 202 valence electrons. The van der Waals surface area contributed by atoms with Crippen LogP contribution in [0.15, 0.2) is 59.5 Å². The van der Waals surface area contributed by atoms with E-state index in [9.17, 15) is 19.2 Å². The predicted molar refractivity (Wildman–Crippen MR) is 150 cm³/mol. The van der Waals surface area contributed by atoms with Gasteiger partial charge in [0, 0.05) is 22.8 Å². The van der Waals surface area contributed by atoms with Crippen LogP contribution in [0.1, 0.15) is 41.2 Å². The van der Waals surface area contributed by atoms with Crippen LogP contribution in [-0.2, 0) is 14.3 Å². The largest absolute Gasteiger partial charge is 0.494 e. The summed E-state index contributed by atoms with van der Waals surface area (Å²) in [5, 5.41) is 2.19. The highest BCUT2D eigenvalue weighted by molar-refractivity contribution is 8.18. The van der Waals surface area contributed by atoms with E-state index >= 15 is 0 Å². The number of aryl methyl sites for hydroxylation is 1. The van der Waals surface area contributed by atoms with Crippen molar-refractivity contribution in [2.24, 2.45) is 0 Å². The number of rotatable bonds is 9. The minimum Gasteiger partial charge on any atom is -0.494 e. The molecule has 10 heteroatoms. The zero-order valence-corrected chi connectivity index (χ0v) is 23.0. The van der Waals surface area contributed by atoms with E-state index in [-0.39, 0.29) is 17.4 Å². The van der Waals surface area contributed by atoms with Crippen molar-refractivity contribution in [1.29, 1.82) is 0 Å². The van der Waals surface area contributed by atoms with Crippen LogP contribution in [-0.4, -0.2) is 52.2 Å². The quantitative estimate of drug-likeness (QED) is 0.284. The summed E-state index contributed by atoms with van der Waals surface area (Å²) in [7, 11) is 0. The summed E-state index contributed by atoms with van der Waals surface area (Å²) < 4.78 is 12.4. The molecule has 3 amide bonds. The number of benzene rings is 2. The number of imide groups is 1. The van der Waals surface area contributed by atoms with Crippen molar-refractivity contribution in [2.75, 3.05) is 25.1 Å². The number of hydrogen-bond donors (Lipinski definition) is 1. The summed E-state index contributed by atoms with van der Waals surface area (Å²) in [5.41, 5.74) is 4.38. The third-order valence-corrected chi connectivity index (χ3v) is 6.93. The third-order valence-electron chi connectivity index (χ3n) is 6.02. The molecule has 1 aliphatic rings. The van der Waals surface area contributed by atoms with Crippen molar-refractivity contribution >= 4 is 46.5 Å². The van der Waals surface area contributed by atoms with Gasteiger partial charge >= 0.3 is 5.97 Å². The number of ether oxygens (including phenoxy) is 2. The number of anilines is 1. The van der Waals surface area contributed by atoms with Crippen LogP contribution < -0.4 is 10.1 Å². The van der Waals surface area contributed by atoms with Gasteiger partial charge in [-0.3, -0.25) is 19.3 Å². The lowest BCUT2D eigenvalue weighted by molar-refractivity contribution is -0.127. The van der Waals surface area contributed by atoms with E-state index in [4.69, 9.17) is 9.47 Å². The lowest BCUT2D eigenvalue weighted by atomic mass is 10.2. The van der Waals surface area contributed by atoms with Gasteiger partial charge in [-0.15, -0.1) is 0 Å². The zero-order chi connectivity index (χ0) is 28.1. The molecule has 4 rings (SSSR count). The molecule has 0 saturated carbocycles. The van der Waals surface area contributed by atoms with Gasteiger partial charge in [0.1, 0.15) is 12.3 Å². The van der Waals surface area contributed by atoms with Crippen molar-refractivity contribution in [1.82, 2.24) is 9.47 Å². The van der Waals surface area contributed by atoms with Gasteiger partial charge in [0.25, 0.3) is 11.1 Å². The van der Waals surface area contributed by atoms with Crippen molar-refractivity contribution in [3.05, 3.63) is 82.0 Å². The summed E-state index contributed by atoms with van der Waals surface area (Å²) in [6, 6.07) is 15.8. The number of carbonyl (C=O) groups excluding carboxylic acids is 4. The lowest BCUT2D eigenvalue weighted by Gasteiger charge is -2.13. The fourth-order valence-electron chi connectivity index (χ4n) is 4.21. The first kappa shape index (κ1) is 27.7. The Kier molecular flexibility index (Phi) is 8.55. The lowest BCUT2D eigenvalue weighted by Crippen LogP contribution is -2.36. The first-order valence-electron chi connectivity index (χ1n) is 12.5. The number of esters is 1. The molecule has 1 N–H and O–H groups in total. The summed E-state index contributed by atoms with van der Waals surface area (Å²) in [5.74, 6) is -0.697. The first-order valence-corrected chi connectivity index (χ1v) is 13.3. The fraction of sp³-hybridized carbons (Fsp3) is 0.241. The SMILES string of the molecule is CCOC(=O)c1ccc(-n2c(C)cc(/C=C3/SC(=O)N(CC(=O)Nc4ccc(OCC)cc4)C3=O)c2C)cc1. The molecule has 3 aromatic rings. The van der Waals surface area contributed by atoms with Crippen LogP contribution in [0.3, 0.4) is 0 Å². The molecular formula is C29H29N3O6S. The van der Waals surface area contributed by atoms with Crippen molar-refractivity contribution in [3.8, 4) is 11.4 Å². The number of carbonyl (C=O) groups is 4. The highest BCUT2D eigenvalue weighted by Gasteiger charge is 2.36. The monoisotopic (exact) mass is 547 g/mol. The second-order valence-electron chi connectivity index (χ2n) is 8.70. The topological polar surface area (TPSA) is 107 Å². The third kappa shape index (κ3) is 6.23. The number of aromatic nitrogens is 1. The van der Waals surface area contributed by atoms with E-state index in [1.54, 1.807) is 49.4 Å².